The van der Waals surface area contributed by atoms with Crippen LogP contribution in [0.15, 0.2) is 41.4 Å². The van der Waals surface area contributed by atoms with Crippen molar-refractivity contribution in [2.75, 3.05) is 0 Å². The summed E-state index contributed by atoms with van der Waals surface area (Å²) in [6.07, 6.45) is 1.45. The fourth-order valence-electron chi connectivity index (χ4n) is 1.86. The molecule has 0 aliphatic rings. The molecule has 2 aromatic rings. The van der Waals surface area contributed by atoms with Gasteiger partial charge in [0.25, 0.3) is 0 Å². The molecule has 1 N–H and O–H groups in total. The number of halogens is 1. The van der Waals surface area contributed by atoms with Crippen LogP contribution in [0.4, 0.5) is 4.39 Å². The number of pyridine rings is 1. The number of nitrogens with zero attached hydrogens (tertiary/aromatic N) is 1. The van der Waals surface area contributed by atoms with Crippen LogP contribution in [-0.2, 0) is 15.6 Å². The van der Waals surface area contributed by atoms with Crippen molar-refractivity contribution in [2.45, 2.75) is 17.6 Å². The van der Waals surface area contributed by atoms with E-state index < -0.39 is 32.9 Å². The van der Waals surface area contributed by atoms with E-state index in [1.165, 1.54) is 19.2 Å². The highest BCUT2D eigenvalue weighted by molar-refractivity contribution is 7.90. The quantitative estimate of drug-likeness (QED) is 0.936. The molecule has 2 rings (SSSR count). The molecule has 5 nitrogen and oxygen atoms in total. The van der Waals surface area contributed by atoms with Gasteiger partial charge in [0.1, 0.15) is 5.82 Å². The second-order valence-electron chi connectivity index (χ2n) is 4.47. The number of hydrogen-bond acceptors (Lipinski definition) is 4. The number of rotatable bonds is 4. The van der Waals surface area contributed by atoms with Crippen LogP contribution in [0.2, 0.25) is 0 Å². The molecule has 0 radical (unpaired) electrons. The highest BCUT2D eigenvalue weighted by Crippen LogP contribution is 2.23. The van der Waals surface area contributed by atoms with Crippen LogP contribution in [0.3, 0.4) is 0 Å². The van der Waals surface area contributed by atoms with Crippen LogP contribution in [0.5, 0.6) is 0 Å². The summed E-state index contributed by atoms with van der Waals surface area (Å²) in [4.78, 5) is 14.5. The monoisotopic (exact) mass is 309 g/mol. The first-order chi connectivity index (χ1) is 9.81. The lowest BCUT2D eigenvalue weighted by Crippen LogP contribution is -2.11. The zero-order valence-electron chi connectivity index (χ0n) is 11.1. The van der Waals surface area contributed by atoms with Gasteiger partial charge in [-0.05, 0) is 31.2 Å². The number of carboxylic acid groups (broad SMARTS) is 1. The molecular weight excluding hydrogens is 297 g/mol. The van der Waals surface area contributed by atoms with Gasteiger partial charge < -0.3 is 5.11 Å². The number of carbonyl (C=O) groups is 1. The molecule has 0 aliphatic heterocycles. The molecule has 110 valence electrons. The average molecular weight is 309 g/mol. The van der Waals surface area contributed by atoms with Gasteiger partial charge in [-0.2, -0.15) is 0 Å². The van der Waals surface area contributed by atoms with E-state index in [2.05, 4.69) is 4.98 Å². The topological polar surface area (TPSA) is 84.3 Å². The van der Waals surface area contributed by atoms with Crippen LogP contribution in [0.25, 0.3) is 0 Å². The third-order valence-corrected chi connectivity index (χ3v) is 4.71. The van der Waals surface area contributed by atoms with Gasteiger partial charge in [-0.3, -0.25) is 4.98 Å². The number of sulfone groups is 1. The summed E-state index contributed by atoms with van der Waals surface area (Å²) < 4.78 is 38.4. The van der Waals surface area contributed by atoms with E-state index in [0.717, 1.165) is 12.1 Å². The molecule has 0 bridgehead atoms. The van der Waals surface area contributed by atoms with Crippen molar-refractivity contribution in [3.05, 3.63) is 59.2 Å². The molecule has 1 aromatic carbocycles. The van der Waals surface area contributed by atoms with Gasteiger partial charge in [-0.15, -0.1) is 0 Å². The number of benzene rings is 1. The molecule has 1 aromatic heterocycles. The van der Waals surface area contributed by atoms with Crippen LogP contribution in [-0.4, -0.2) is 24.5 Å². The maximum atomic E-state index is 13.7. The molecule has 0 fully saturated rings. The summed E-state index contributed by atoms with van der Waals surface area (Å²) in [5.41, 5.74) is -0.202. The first-order valence-electron chi connectivity index (χ1n) is 5.97. The zero-order valence-corrected chi connectivity index (χ0v) is 11.9. The average Bonchev–Trinajstić information content (AvgIpc) is 2.41. The van der Waals surface area contributed by atoms with Gasteiger partial charge in [0.05, 0.1) is 21.9 Å². The number of carboxylic acids is 1. The minimum absolute atomic E-state index is 0.101. The molecule has 0 spiro atoms. The fraction of sp³-hybridized carbons (Fsp3) is 0.143. The first kappa shape index (κ1) is 15.1. The Kier molecular flexibility index (Phi) is 4.04. The van der Waals surface area contributed by atoms with E-state index in [1.807, 2.05) is 0 Å². The normalized spacial score (nSPS) is 11.3. The Labute approximate surface area is 121 Å². The van der Waals surface area contributed by atoms with Crippen molar-refractivity contribution >= 4 is 15.8 Å². The van der Waals surface area contributed by atoms with Gasteiger partial charge in [0, 0.05) is 11.8 Å². The lowest BCUT2D eigenvalue weighted by atomic mass is 10.1. The Morgan fingerprint density at radius 2 is 2.05 bits per heavy atom. The molecule has 21 heavy (non-hydrogen) atoms. The van der Waals surface area contributed by atoms with Crippen LogP contribution < -0.4 is 0 Å². The summed E-state index contributed by atoms with van der Waals surface area (Å²) in [5.74, 6) is -2.67. The van der Waals surface area contributed by atoms with Crippen molar-refractivity contribution < 1.29 is 22.7 Å². The molecule has 0 aliphatic carbocycles. The number of hydrogen-bond donors (Lipinski definition) is 1. The summed E-state index contributed by atoms with van der Waals surface area (Å²) in [6.45, 7) is 1.30. The van der Waals surface area contributed by atoms with Crippen LogP contribution >= 0.6 is 0 Å². The Morgan fingerprint density at radius 1 is 1.33 bits per heavy atom. The van der Waals surface area contributed by atoms with E-state index in [1.54, 1.807) is 12.1 Å². The Bertz CT molecular complexity index is 788. The third-order valence-electron chi connectivity index (χ3n) is 2.94. The molecule has 0 saturated heterocycles. The van der Waals surface area contributed by atoms with Crippen molar-refractivity contribution in [1.29, 1.82) is 0 Å². The SMILES string of the molecule is Cc1c(F)cc(C(=O)O)cc1S(=O)(=O)Cc1ccccn1. The summed E-state index contributed by atoms with van der Waals surface area (Å²) >= 11 is 0. The van der Waals surface area contributed by atoms with Crippen molar-refractivity contribution in [2.24, 2.45) is 0 Å². The van der Waals surface area contributed by atoms with Crippen molar-refractivity contribution in [3.8, 4) is 0 Å². The largest absolute Gasteiger partial charge is 0.478 e. The van der Waals surface area contributed by atoms with E-state index in [9.17, 15) is 17.6 Å². The number of aromatic carboxylic acids is 1. The van der Waals surface area contributed by atoms with Gasteiger partial charge in [0.2, 0.25) is 0 Å². The second-order valence-corrected chi connectivity index (χ2v) is 6.42. The van der Waals surface area contributed by atoms with Crippen LogP contribution in [0.1, 0.15) is 21.6 Å². The highest BCUT2D eigenvalue weighted by Gasteiger charge is 2.23. The Balaban J connectivity index is 2.52. The van der Waals surface area contributed by atoms with Gasteiger partial charge >= 0.3 is 5.97 Å². The molecule has 0 atom stereocenters. The minimum atomic E-state index is -3.89. The van der Waals surface area contributed by atoms with E-state index in [-0.39, 0.29) is 10.5 Å². The highest BCUT2D eigenvalue weighted by atomic mass is 32.2. The van der Waals surface area contributed by atoms with Gasteiger partial charge in [0.15, 0.2) is 9.84 Å². The van der Waals surface area contributed by atoms with E-state index in [4.69, 9.17) is 5.11 Å². The van der Waals surface area contributed by atoms with Gasteiger partial charge in [-0.1, -0.05) is 6.07 Å². The zero-order chi connectivity index (χ0) is 15.6. The maximum Gasteiger partial charge on any atom is 0.335 e. The number of aromatic nitrogens is 1. The lowest BCUT2D eigenvalue weighted by molar-refractivity contribution is 0.0696. The van der Waals surface area contributed by atoms with Crippen molar-refractivity contribution in [3.63, 3.8) is 0 Å². The molecule has 0 unspecified atom stereocenters. The Morgan fingerprint density at radius 3 is 2.62 bits per heavy atom. The standard InChI is InChI=1S/C14H12FNO4S/c1-9-12(15)6-10(14(17)18)7-13(9)21(19,20)8-11-4-2-3-5-16-11/h2-7H,8H2,1H3,(H,17,18). The minimum Gasteiger partial charge on any atom is -0.478 e. The predicted molar refractivity (Wildman–Crippen MR) is 73.2 cm³/mol. The summed E-state index contributed by atoms with van der Waals surface area (Å²) in [6, 6.07) is 6.59. The van der Waals surface area contributed by atoms with E-state index in [0.29, 0.717) is 5.69 Å². The second kappa shape index (κ2) is 5.61. The Hall–Kier alpha value is -2.28. The molecule has 0 amide bonds. The van der Waals surface area contributed by atoms with Gasteiger partial charge in [-0.25, -0.2) is 17.6 Å². The molecule has 7 heteroatoms. The summed E-state index contributed by atoms with van der Waals surface area (Å²) in [5, 5.41) is 8.91. The maximum absolute atomic E-state index is 13.7. The van der Waals surface area contributed by atoms with Crippen molar-refractivity contribution in [1.82, 2.24) is 4.98 Å². The predicted octanol–water partition coefficient (Wildman–Crippen LogP) is 2.20. The van der Waals surface area contributed by atoms with E-state index >= 15 is 0 Å². The molecule has 1 heterocycles. The molecule has 0 saturated carbocycles. The lowest BCUT2D eigenvalue weighted by Gasteiger charge is -2.09. The fourth-order valence-corrected chi connectivity index (χ4v) is 3.44. The smallest absolute Gasteiger partial charge is 0.335 e. The third kappa shape index (κ3) is 3.25. The molecular formula is C14H12FNO4S. The first-order valence-corrected chi connectivity index (χ1v) is 7.62. The summed E-state index contributed by atoms with van der Waals surface area (Å²) in [7, 11) is -3.89. The van der Waals surface area contributed by atoms with Crippen LogP contribution in [0, 0.1) is 12.7 Å².